The SMILES string of the molecule is CCCC(O)c1c(F)cccc1C(Cl)CO.CCCC=O.Fc1cccc(C2CO2)c1Br.[CH2-]CCC.[Li+]. The topological polar surface area (TPSA) is 70.1 Å². The summed E-state index contributed by atoms with van der Waals surface area (Å²) in [6, 6.07) is 9.43. The molecule has 37 heavy (non-hydrogen) atoms. The van der Waals surface area contributed by atoms with E-state index in [1.165, 1.54) is 24.6 Å². The van der Waals surface area contributed by atoms with Crippen LogP contribution in [0, 0.1) is 18.6 Å². The molecule has 4 nitrogen and oxygen atoms in total. The quantitative estimate of drug-likeness (QED) is 0.137. The second-order valence-electron chi connectivity index (χ2n) is 7.97. The fourth-order valence-corrected chi connectivity index (χ4v) is 3.52. The van der Waals surface area contributed by atoms with Crippen molar-refractivity contribution >= 4 is 33.8 Å². The molecule has 0 amide bonds. The Morgan fingerprint density at radius 3 is 2.14 bits per heavy atom. The average Bonchev–Trinajstić information content (AvgIpc) is 3.72. The fraction of sp³-hybridized carbons (Fsp3) is 0.500. The maximum absolute atomic E-state index is 13.6. The van der Waals surface area contributed by atoms with Crippen molar-refractivity contribution in [2.24, 2.45) is 0 Å². The second-order valence-corrected chi connectivity index (χ2v) is 9.29. The van der Waals surface area contributed by atoms with Gasteiger partial charge in [-0.2, -0.15) is 6.42 Å². The Kier molecular flexibility index (Phi) is 24.0. The molecule has 3 unspecified atom stereocenters. The van der Waals surface area contributed by atoms with Crippen molar-refractivity contribution in [1.29, 1.82) is 0 Å². The monoisotopic (exact) mass is 598 g/mol. The number of hydrogen-bond acceptors (Lipinski definition) is 4. The number of rotatable bonds is 9. The van der Waals surface area contributed by atoms with E-state index in [9.17, 15) is 18.7 Å². The van der Waals surface area contributed by atoms with Gasteiger partial charge in [0.1, 0.15) is 24.0 Å². The Morgan fingerprint density at radius 1 is 1.14 bits per heavy atom. The molecule has 1 heterocycles. The minimum Gasteiger partial charge on any atom is -0.394 e. The number of carbonyl (C=O) groups excluding carboxylic acids is 1. The van der Waals surface area contributed by atoms with Crippen LogP contribution in [0.25, 0.3) is 0 Å². The van der Waals surface area contributed by atoms with Crippen molar-refractivity contribution in [3.8, 4) is 0 Å². The maximum atomic E-state index is 13.6. The van der Waals surface area contributed by atoms with Gasteiger partial charge in [-0.05, 0) is 46.5 Å². The number of halogens is 4. The van der Waals surface area contributed by atoms with E-state index < -0.39 is 17.3 Å². The number of ether oxygens (including phenoxy) is 1. The summed E-state index contributed by atoms with van der Waals surface area (Å²) in [6.07, 6.45) is 5.36. The molecule has 0 saturated carbocycles. The molecule has 1 saturated heterocycles. The van der Waals surface area contributed by atoms with Crippen LogP contribution in [-0.2, 0) is 9.53 Å². The summed E-state index contributed by atoms with van der Waals surface area (Å²) in [7, 11) is 0. The largest absolute Gasteiger partial charge is 1.00 e. The normalized spacial score (nSPS) is 14.7. The minimum absolute atomic E-state index is 0. The van der Waals surface area contributed by atoms with Gasteiger partial charge < -0.3 is 26.7 Å². The fourth-order valence-electron chi connectivity index (χ4n) is 2.81. The molecule has 1 fully saturated rings. The maximum Gasteiger partial charge on any atom is 1.00 e. The molecule has 204 valence electrons. The van der Waals surface area contributed by atoms with Gasteiger partial charge >= 0.3 is 18.9 Å². The van der Waals surface area contributed by atoms with E-state index in [-0.39, 0.29) is 43.0 Å². The van der Waals surface area contributed by atoms with Crippen LogP contribution in [0.4, 0.5) is 8.78 Å². The van der Waals surface area contributed by atoms with E-state index in [0.29, 0.717) is 29.5 Å². The molecule has 0 spiro atoms. The summed E-state index contributed by atoms with van der Waals surface area (Å²) in [5.41, 5.74) is 1.58. The van der Waals surface area contributed by atoms with E-state index >= 15 is 0 Å². The molecule has 0 aliphatic carbocycles. The van der Waals surface area contributed by atoms with Crippen LogP contribution in [0.5, 0.6) is 0 Å². The van der Waals surface area contributed by atoms with E-state index in [1.54, 1.807) is 12.1 Å². The molecule has 3 atom stereocenters. The van der Waals surface area contributed by atoms with Gasteiger partial charge in [0, 0.05) is 17.5 Å². The van der Waals surface area contributed by atoms with Crippen LogP contribution >= 0.6 is 27.5 Å². The van der Waals surface area contributed by atoms with Gasteiger partial charge in [-0.1, -0.05) is 57.9 Å². The smallest absolute Gasteiger partial charge is 0.394 e. The first-order chi connectivity index (χ1) is 17.2. The zero-order valence-electron chi connectivity index (χ0n) is 22.4. The zero-order valence-corrected chi connectivity index (χ0v) is 24.7. The summed E-state index contributed by atoms with van der Waals surface area (Å²) in [5, 5.41) is 18.1. The van der Waals surface area contributed by atoms with Gasteiger partial charge in [0.15, 0.2) is 0 Å². The Hall–Kier alpha value is -0.783. The number of unbranched alkanes of at least 4 members (excludes halogenated alkanes) is 2. The first-order valence-corrected chi connectivity index (χ1v) is 13.5. The molecule has 2 aromatic carbocycles. The van der Waals surface area contributed by atoms with Crippen molar-refractivity contribution in [1.82, 2.24) is 0 Å². The zero-order chi connectivity index (χ0) is 27.5. The molecule has 1 aliphatic rings. The van der Waals surface area contributed by atoms with Crippen molar-refractivity contribution in [3.63, 3.8) is 0 Å². The van der Waals surface area contributed by atoms with Crippen LogP contribution < -0.4 is 18.9 Å². The number of aliphatic hydroxyl groups is 2. The van der Waals surface area contributed by atoms with E-state index in [1.807, 2.05) is 19.9 Å². The minimum atomic E-state index is -0.867. The van der Waals surface area contributed by atoms with Crippen LogP contribution in [-0.4, -0.2) is 29.7 Å². The van der Waals surface area contributed by atoms with Crippen molar-refractivity contribution in [2.75, 3.05) is 13.2 Å². The van der Waals surface area contributed by atoms with Crippen LogP contribution in [0.2, 0.25) is 0 Å². The number of epoxide rings is 1. The van der Waals surface area contributed by atoms with Gasteiger partial charge in [-0.3, -0.25) is 0 Å². The molecular formula is C28H39BrClF2LiO4. The van der Waals surface area contributed by atoms with Gasteiger partial charge in [-0.15, -0.1) is 11.6 Å². The third-order valence-electron chi connectivity index (χ3n) is 4.90. The number of benzene rings is 2. The Morgan fingerprint density at radius 2 is 1.70 bits per heavy atom. The van der Waals surface area contributed by atoms with Crippen molar-refractivity contribution in [2.45, 2.75) is 76.9 Å². The summed E-state index contributed by atoms with van der Waals surface area (Å²) in [6.45, 7) is 10.0. The Bertz CT molecular complexity index is 870. The summed E-state index contributed by atoms with van der Waals surface area (Å²) in [4.78, 5) is 9.40. The molecule has 1 aliphatic heterocycles. The van der Waals surface area contributed by atoms with Crippen molar-refractivity contribution in [3.05, 3.63) is 76.1 Å². The predicted molar refractivity (Wildman–Crippen MR) is 146 cm³/mol. The predicted octanol–water partition coefficient (Wildman–Crippen LogP) is 5.20. The summed E-state index contributed by atoms with van der Waals surface area (Å²) < 4.78 is 32.0. The van der Waals surface area contributed by atoms with Gasteiger partial charge in [-0.25, -0.2) is 8.78 Å². The van der Waals surface area contributed by atoms with E-state index in [2.05, 4.69) is 29.8 Å². The summed E-state index contributed by atoms with van der Waals surface area (Å²) >= 11 is 9.05. The number of carbonyl (C=O) groups is 1. The Labute approximate surface area is 246 Å². The van der Waals surface area contributed by atoms with Gasteiger partial charge in [0.05, 0.1) is 29.2 Å². The Balaban J connectivity index is 0. The molecule has 0 bridgehead atoms. The van der Waals surface area contributed by atoms with Gasteiger partial charge in [0.25, 0.3) is 0 Å². The molecule has 0 aromatic heterocycles. The number of hydrogen-bond donors (Lipinski definition) is 2. The molecule has 3 rings (SSSR count). The van der Waals surface area contributed by atoms with Crippen LogP contribution in [0.15, 0.2) is 40.9 Å². The average molecular weight is 600 g/mol. The third-order valence-corrected chi connectivity index (χ3v) is 6.11. The van der Waals surface area contributed by atoms with E-state index in [0.717, 1.165) is 31.1 Å². The van der Waals surface area contributed by atoms with Gasteiger partial charge in [0.2, 0.25) is 0 Å². The van der Waals surface area contributed by atoms with Crippen LogP contribution in [0.1, 0.15) is 93.6 Å². The number of aliphatic hydroxyl groups excluding tert-OH is 2. The second kappa shape index (κ2) is 23.1. The van der Waals surface area contributed by atoms with Crippen LogP contribution in [0.3, 0.4) is 0 Å². The molecule has 9 heteroatoms. The summed E-state index contributed by atoms with van der Waals surface area (Å²) in [5.74, 6) is -0.699. The van der Waals surface area contributed by atoms with E-state index in [4.69, 9.17) is 21.4 Å². The standard InChI is InChI=1S/C12H16ClFO2.C8H6BrFO.C4H8O.C4H9.Li/c1-2-4-11(16)12-8(9(13)7-15)5-3-6-10(12)14;9-8-5(7-4-11-7)2-1-3-6(8)10;1-2-3-4-5;1-3-4-2;/h3,5-6,9,11,15-16H,2,4,7H2,1H3;1-3,7H,4H2;4H,2-3H2,1H3;1,3-4H2,2H3;/q;;;-1;+1. The molecular weight excluding hydrogens is 561 g/mol. The molecule has 0 radical (unpaired) electrons. The number of alkyl halides is 1. The molecule has 2 N–H and O–H groups in total. The number of aldehydes is 1. The third kappa shape index (κ3) is 15.4. The molecule has 2 aromatic rings. The van der Waals surface area contributed by atoms with Crippen molar-refractivity contribution < 1.29 is 47.4 Å². The first kappa shape index (κ1) is 38.4. The first-order valence-electron chi connectivity index (χ1n) is 12.2.